The highest BCUT2D eigenvalue weighted by Crippen LogP contribution is 2.61. The van der Waals surface area contributed by atoms with E-state index in [0.29, 0.717) is 12.2 Å². The predicted molar refractivity (Wildman–Crippen MR) is 74.7 cm³/mol. The summed E-state index contributed by atoms with van der Waals surface area (Å²) in [7, 11) is 0. The van der Waals surface area contributed by atoms with Gasteiger partial charge in [-0.25, -0.2) is 0 Å². The van der Waals surface area contributed by atoms with Gasteiger partial charge in [0.2, 0.25) is 0 Å². The largest absolute Gasteiger partial charge is 0.457 e. The molecule has 0 saturated heterocycles. The molecule has 2 aliphatic rings. The summed E-state index contributed by atoms with van der Waals surface area (Å²) in [6, 6.07) is 0. The number of hydrogen-bond donors (Lipinski definition) is 0. The smallest absolute Gasteiger partial charge is 0.426 e. The molecule has 1 aliphatic heterocycles. The fourth-order valence-corrected chi connectivity index (χ4v) is 2.92. The zero-order chi connectivity index (χ0) is 16.9. The number of ether oxygens (including phenoxy) is 2. The Morgan fingerprint density at radius 1 is 1.45 bits per heavy atom. The Morgan fingerprint density at radius 3 is 2.50 bits per heavy atom. The van der Waals surface area contributed by atoms with Crippen molar-refractivity contribution < 1.29 is 27.4 Å². The van der Waals surface area contributed by atoms with Crippen LogP contribution in [0.5, 0.6) is 0 Å². The number of rotatable bonds is 3. The molecule has 1 unspecified atom stereocenters. The summed E-state index contributed by atoms with van der Waals surface area (Å²) in [5.41, 5.74) is -0.625. The number of allylic oxidation sites excluding steroid dienone is 3. The molecule has 1 saturated carbocycles. The number of carbonyl (C=O) groups is 1. The second kappa shape index (κ2) is 5.18. The van der Waals surface area contributed by atoms with E-state index in [9.17, 15) is 18.0 Å². The molecule has 7 heteroatoms. The van der Waals surface area contributed by atoms with Gasteiger partial charge in [0.25, 0.3) is 5.79 Å². The molecule has 0 amide bonds. The van der Waals surface area contributed by atoms with E-state index in [1.54, 1.807) is 33.8 Å². The second-order valence-electron chi connectivity index (χ2n) is 6.51. The normalized spacial score (nSPS) is 34.0. The third-order valence-electron chi connectivity index (χ3n) is 4.21. The van der Waals surface area contributed by atoms with Crippen molar-refractivity contribution in [3.8, 4) is 0 Å². The third kappa shape index (κ3) is 3.26. The summed E-state index contributed by atoms with van der Waals surface area (Å²) < 4.78 is 48.3. The molecular weight excluding hydrogens is 321 g/mol. The first-order valence-electron chi connectivity index (χ1n) is 6.90. The van der Waals surface area contributed by atoms with E-state index in [-0.39, 0.29) is 0 Å². The molecule has 0 aromatic rings. The number of hydrogen-bond acceptors (Lipinski definition) is 3. The van der Waals surface area contributed by atoms with Crippen LogP contribution in [0.2, 0.25) is 0 Å². The zero-order valence-electron chi connectivity index (χ0n) is 12.8. The van der Waals surface area contributed by atoms with Crippen LogP contribution in [0.25, 0.3) is 0 Å². The van der Waals surface area contributed by atoms with Crippen LogP contribution in [0.3, 0.4) is 0 Å². The molecule has 2 rings (SSSR count). The van der Waals surface area contributed by atoms with Crippen LogP contribution in [0.15, 0.2) is 22.9 Å². The Morgan fingerprint density at radius 2 is 2.05 bits per heavy atom. The van der Waals surface area contributed by atoms with E-state index in [2.05, 4.69) is 0 Å². The van der Waals surface area contributed by atoms with Gasteiger partial charge in [0, 0.05) is 13.3 Å². The monoisotopic (exact) mass is 338 g/mol. The standard InChI is InChI=1S/C15H18ClF3O3/c1-8-5-6-14(4,21-8)22-12(20)11-9(13(11,2)3)7-10(16)15(17,18)19/h5,7,9,11H,6H2,1-4H3/b10-7-/t9-,11-,14?/m1/s1. The Labute approximate surface area is 132 Å². The minimum atomic E-state index is -4.60. The lowest BCUT2D eigenvalue weighted by Gasteiger charge is -2.25. The lowest BCUT2D eigenvalue weighted by molar-refractivity contribution is -0.203. The third-order valence-corrected chi connectivity index (χ3v) is 4.56. The molecule has 0 radical (unpaired) electrons. The summed E-state index contributed by atoms with van der Waals surface area (Å²) in [5, 5.41) is -1.21. The van der Waals surface area contributed by atoms with Gasteiger partial charge in [-0.3, -0.25) is 4.79 Å². The maximum atomic E-state index is 12.5. The van der Waals surface area contributed by atoms with E-state index in [1.165, 1.54) is 0 Å². The Kier molecular flexibility index (Phi) is 4.05. The van der Waals surface area contributed by atoms with Gasteiger partial charge < -0.3 is 9.47 Å². The van der Waals surface area contributed by atoms with Crippen molar-refractivity contribution in [3.63, 3.8) is 0 Å². The van der Waals surface area contributed by atoms with Crippen LogP contribution in [0.4, 0.5) is 13.2 Å². The number of halogens is 4. The van der Waals surface area contributed by atoms with Crippen molar-refractivity contribution in [2.75, 3.05) is 0 Å². The van der Waals surface area contributed by atoms with E-state index in [1.807, 2.05) is 0 Å². The zero-order valence-corrected chi connectivity index (χ0v) is 13.5. The second-order valence-corrected chi connectivity index (χ2v) is 6.92. The Bertz CT molecular complexity index is 551. The maximum absolute atomic E-state index is 12.5. The van der Waals surface area contributed by atoms with Crippen LogP contribution in [0.1, 0.15) is 34.1 Å². The van der Waals surface area contributed by atoms with Gasteiger partial charge in [0.1, 0.15) is 5.03 Å². The molecule has 22 heavy (non-hydrogen) atoms. The van der Waals surface area contributed by atoms with Gasteiger partial charge in [0.05, 0.1) is 11.7 Å². The van der Waals surface area contributed by atoms with Gasteiger partial charge in [-0.2, -0.15) is 13.2 Å². The highest BCUT2D eigenvalue weighted by atomic mass is 35.5. The molecule has 1 fully saturated rings. The molecule has 3 atom stereocenters. The number of carbonyl (C=O) groups excluding carboxylic acids is 1. The van der Waals surface area contributed by atoms with Crippen LogP contribution in [0, 0.1) is 17.3 Å². The molecule has 124 valence electrons. The number of alkyl halides is 3. The van der Waals surface area contributed by atoms with Gasteiger partial charge >= 0.3 is 12.1 Å². The Balaban J connectivity index is 2.05. The lowest BCUT2D eigenvalue weighted by Crippen LogP contribution is -2.32. The van der Waals surface area contributed by atoms with Crippen molar-refractivity contribution in [2.45, 2.75) is 46.1 Å². The molecule has 3 nitrogen and oxygen atoms in total. The highest BCUT2D eigenvalue weighted by Gasteiger charge is 2.63. The van der Waals surface area contributed by atoms with Crippen molar-refractivity contribution >= 4 is 17.6 Å². The van der Waals surface area contributed by atoms with E-state index in [0.717, 1.165) is 6.08 Å². The van der Waals surface area contributed by atoms with E-state index < -0.39 is 40.2 Å². The van der Waals surface area contributed by atoms with Crippen LogP contribution in [-0.2, 0) is 14.3 Å². The van der Waals surface area contributed by atoms with Crippen molar-refractivity contribution in [1.29, 1.82) is 0 Å². The first kappa shape index (κ1) is 17.2. The molecule has 1 heterocycles. The minimum Gasteiger partial charge on any atom is -0.457 e. The molecule has 0 aromatic carbocycles. The average Bonchev–Trinajstić information content (AvgIpc) is 2.68. The van der Waals surface area contributed by atoms with E-state index in [4.69, 9.17) is 21.1 Å². The summed E-state index contributed by atoms with van der Waals surface area (Å²) in [4.78, 5) is 12.3. The van der Waals surface area contributed by atoms with Gasteiger partial charge in [-0.15, -0.1) is 0 Å². The predicted octanol–water partition coefficient (Wildman–Crippen LogP) is 4.53. The van der Waals surface area contributed by atoms with E-state index >= 15 is 0 Å². The summed E-state index contributed by atoms with van der Waals surface area (Å²) >= 11 is 5.26. The maximum Gasteiger partial charge on any atom is 0.426 e. The highest BCUT2D eigenvalue weighted by molar-refractivity contribution is 6.30. The molecule has 0 bridgehead atoms. The van der Waals surface area contributed by atoms with Crippen LogP contribution >= 0.6 is 11.6 Å². The average molecular weight is 339 g/mol. The van der Waals surface area contributed by atoms with Gasteiger partial charge in [0.15, 0.2) is 0 Å². The van der Waals surface area contributed by atoms with Gasteiger partial charge in [-0.05, 0) is 24.3 Å². The first-order chi connectivity index (χ1) is 9.87. The van der Waals surface area contributed by atoms with Crippen LogP contribution < -0.4 is 0 Å². The fourth-order valence-electron chi connectivity index (χ4n) is 2.78. The molecule has 0 spiro atoms. The van der Waals surface area contributed by atoms with Crippen molar-refractivity contribution in [3.05, 3.63) is 22.9 Å². The topological polar surface area (TPSA) is 35.5 Å². The lowest BCUT2D eigenvalue weighted by atomic mass is 10.1. The van der Waals surface area contributed by atoms with Crippen molar-refractivity contribution in [2.24, 2.45) is 17.3 Å². The minimum absolute atomic E-state index is 0.418. The first-order valence-corrected chi connectivity index (χ1v) is 7.28. The fraction of sp³-hybridized carbons (Fsp3) is 0.667. The van der Waals surface area contributed by atoms with Crippen LogP contribution in [-0.4, -0.2) is 17.9 Å². The quantitative estimate of drug-likeness (QED) is 0.709. The number of esters is 1. The molecular formula is C15H18ClF3O3. The molecule has 1 aliphatic carbocycles. The summed E-state index contributed by atoms with van der Waals surface area (Å²) in [5.74, 6) is -2.26. The van der Waals surface area contributed by atoms with Gasteiger partial charge in [-0.1, -0.05) is 31.5 Å². The molecule has 0 N–H and O–H groups in total. The molecule has 0 aromatic heterocycles. The Hall–Kier alpha value is -1.17. The summed E-state index contributed by atoms with van der Waals surface area (Å²) in [6.07, 6.45) is -1.49. The summed E-state index contributed by atoms with van der Waals surface area (Å²) in [6.45, 7) is 6.79. The SMILES string of the molecule is CC1=CCC(C)(OC(=O)[C@H]2[C@@H](/C=C(\Cl)C(F)(F)F)C2(C)C)O1. The van der Waals surface area contributed by atoms with Crippen molar-refractivity contribution in [1.82, 2.24) is 0 Å².